The summed E-state index contributed by atoms with van der Waals surface area (Å²) in [6.07, 6.45) is -4.46. The molecule has 7 heteroatoms. The Balaban J connectivity index is 2.52. The molecule has 3 nitrogen and oxygen atoms in total. The zero-order valence-corrected chi connectivity index (χ0v) is 9.09. The zero-order chi connectivity index (χ0) is 12.5. The predicted octanol–water partition coefficient (Wildman–Crippen LogP) is 3.49. The Morgan fingerprint density at radius 3 is 2.53 bits per heavy atom. The predicted molar refractivity (Wildman–Crippen MR) is 54.3 cm³/mol. The first-order valence-electron chi connectivity index (χ1n) is 4.57. The maximum Gasteiger partial charge on any atom is 0.417 e. The van der Waals surface area contributed by atoms with Crippen LogP contribution in [0.25, 0.3) is 11.4 Å². The summed E-state index contributed by atoms with van der Waals surface area (Å²) < 4.78 is 42.8. The third-order valence-corrected chi connectivity index (χ3v) is 2.28. The standard InChI is InChI=1S/C10H6ClF3N2O/c11-5-8-15-9(16-17-8)6-3-1-2-4-7(6)10(12,13)14/h1-4H,5H2. The van der Waals surface area contributed by atoms with Crippen molar-refractivity contribution in [3.8, 4) is 11.4 Å². The molecule has 2 aromatic rings. The molecule has 0 unspecified atom stereocenters. The van der Waals surface area contributed by atoms with E-state index < -0.39 is 11.7 Å². The van der Waals surface area contributed by atoms with Gasteiger partial charge in [0.15, 0.2) is 0 Å². The number of rotatable bonds is 2. The van der Waals surface area contributed by atoms with E-state index in [1.807, 2.05) is 0 Å². The highest BCUT2D eigenvalue weighted by Gasteiger charge is 2.34. The number of halogens is 4. The average Bonchev–Trinajstić information content (AvgIpc) is 2.76. The molecule has 0 aliphatic carbocycles. The van der Waals surface area contributed by atoms with Crippen molar-refractivity contribution in [1.82, 2.24) is 10.1 Å². The van der Waals surface area contributed by atoms with Gasteiger partial charge in [0.25, 0.3) is 0 Å². The van der Waals surface area contributed by atoms with E-state index in [0.717, 1.165) is 6.07 Å². The third kappa shape index (κ3) is 2.41. The molecule has 90 valence electrons. The molecule has 0 aliphatic heterocycles. The lowest BCUT2D eigenvalue weighted by atomic mass is 10.1. The van der Waals surface area contributed by atoms with Crippen molar-refractivity contribution in [2.24, 2.45) is 0 Å². The van der Waals surface area contributed by atoms with Crippen molar-refractivity contribution in [2.75, 3.05) is 0 Å². The average molecular weight is 263 g/mol. The van der Waals surface area contributed by atoms with Crippen LogP contribution in [0.1, 0.15) is 11.5 Å². The largest absolute Gasteiger partial charge is 0.417 e. The minimum Gasteiger partial charge on any atom is -0.338 e. The molecule has 0 N–H and O–H groups in total. The van der Waals surface area contributed by atoms with E-state index in [0.29, 0.717) is 0 Å². The topological polar surface area (TPSA) is 38.9 Å². The van der Waals surface area contributed by atoms with Crippen LogP contribution in [0, 0.1) is 0 Å². The van der Waals surface area contributed by atoms with Crippen LogP contribution >= 0.6 is 11.6 Å². The van der Waals surface area contributed by atoms with E-state index in [4.69, 9.17) is 11.6 Å². The second-order valence-electron chi connectivity index (χ2n) is 3.19. The van der Waals surface area contributed by atoms with Crippen LogP contribution in [-0.2, 0) is 12.1 Å². The lowest BCUT2D eigenvalue weighted by Gasteiger charge is -2.09. The second kappa shape index (κ2) is 4.37. The maximum atomic E-state index is 12.7. The third-order valence-electron chi connectivity index (χ3n) is 2.06. The number of hydrogen-bond acceptors (Lipinski definition) is 3. The van der Waals surface area contributed by atoms with Gasteiger partial charge < -0.3 is 4.52 Å². The fraction of sp³-hybridized carbons (Fsp3) is 0.200. The van der Waals surface area contributed by atoms with Crippen LogP contribution in [0.4, 0.5) is 13.2 Å². The van der Waals surface area contributed by atoms with Gasteiger partial charge in [-0.15, -0.1) is 11.6 Å². The number of alkyl halides is 4. The summed E-state index contributed by atoms with van der Waals surface area (Å²) in [5.41, 5.74) is -0.929. The highest BCUT2D eigenvalue weighted by Crippen LogP contribution is 2.35. The monoisotopic (exact) mass is 262 g/mol. The first-order chi connectivity index (χ1) is 8.02. The summed E-state index contributed by atoms with van der Waals surface area (Å²) >= 11 is 5.44. The Morgan fingerprint density at radius 1 is 1.24 bits per heavy atom. The van der Waals surface area contributed by atoms with E-state index >= 15 is 0 Å². The van der Waals surface area contributed by atoms with E-state index in [-0.39, 0.29) is 23.2 Å². The highest BCUT2D eigenvalue weighted by molar-refractivity contribution is 6.16. The highest BCUT2D eigenvalue weighted by atomic mass is 35.5. The number of benzene rings is 1. The van der Waals surface area contributed by atoms with Gasteiger partial charge in [-0.3, -0.25) is 0 Å². The second-order valence-corrected chi connectivity index (χ2v) is 3.46. The molecule has 0 aliphatic rings. The van der Waals surface area contributed by atoms with Crippen LogP contribution < -0.4 is 0 Å². The van der Waals surface area contributed by atoms with Crippen LogP contribution in [0.3, 0.4) is 0 Å². The molecule has 1 heterocycles. The molecule has 0 fully saturated rings. The summed E-state index contributed by atoms with van der Waals surface area (Å²) in [7, 11) is 0. The summed E-state index contributed by atoms with van der Waals surface area (Å²) in [6.45, 7) is 0. The van der Waals surface area contributed by atoms with Gasteiger partial charge in [0.2, 0.25) is 11.7 Å². The van der Waals surface area contributed by atoms with E-state index in [1.54, 1.807) is 0 Å². The summed E-state index contributed by atoms with van der Waals surface area (Å²) in [5.74, 6) is -0.0755. The smallest absolute Gasteiger partial charge is 0.338 e. The molecular formula is C10H6ClF3N2O. The summed E-state index contributed by atoms with van der Waals surface area (Å²) in [5, 5.41) is 3.46. The van der Waals surface area contributed by atoms with Gasteiger partial charge in [0.1, 0.15) is 5.88 Å². The van der Waals surface area contributed by atoms with Crippen molar-refractivity contribution in [3.63, 3.8) is 0 Å². The van der Waals surface area contributed by atoms with Crippen molar-refractivity contribution >= 4 is 11.6 Å². The molecule has 1 aromatic carbocycles. The number of nitrogens with zero attached hydrogens (tertiary/aromatic N) is 2. The first-order valence-corrected chi connectivity index (χ1v) is 5.11. The van der Waals surface area contributed by atoms with Gasteiger partial charge in [-0.2, -0.15) is 18.2 Å². The first kappa shape index (κ1) is 11.9. The zero-order valence-electron chi connectivity index (χ0n) is 8.33. The molecule has 17 heavy (non-hydrogen) atoms. The fourth-order valence-corrected chi connectivity index (χ4v) is 1.45. The SMILES string of the molecule is FC(F)(F)c1ccccc1-c1noc(CCl)n1. The van der Waals surface area contributed by atoms with Crippen LogP contribution in [0.2, 0.25) is 0 Å². The molecule has 0 saturated heterocycles. The molecule has 1 aromatic heterocycles. The van der Waals surface area contributed by atoms with Crippen LogP contribution in [0.5, 0.6) is 0 Å². The Hall–Kier alpha value is -1.56. The summed E-state index contributed by atoms with van der Waals surface area (Å²) in [6, 6.07) is 5.02. The summed E-state index contributed by atoms with van der Waals surface area (Å²) in [4.78, 5) is 3.76. The number of aromatic nitrogens is 2. The van der Waals surface area contributed by atoms with Gasteiger partial charge in [0.05, 0.1) is 5.56 Å². The number of hydrogen-bond donors (Lipinski definition) is 0. The Labute approximate surface area is 99.2 Å². The quantitative estimate of drug-likeness (QED) is 0.778. The van der Waals surface area contributed by atoms with E-state index in [2.05, 4.69) is 14.7 Å². The van der Waals surface area contributed by atoms with Crippen molar-refractivity contribution < 1.29 is 17.7 Å². The Morgan fingerprint density at radius 2 is 1.94 bits per heavy atom. The molecular weight excluding hydrogens is 257 g/mol. The Bertz CT molecular complexity index is 524. The van der Waals surface area contributed by atoms with Gasteiger partial charge >= 0.3 is 6.18 Å². The van der Waals surface area contributed by atoms with Crippen molar-refractivity contribution in [3.05, 3.63) is 35.7 Å². The molecule has 0 bridgehead atoms. The molecule has 0 amide bonds. The van der Waals surface area contributed by atoms with Gasteiger partial charge in [-0.1, -0.05) is 23.4 Å². The van der Waals surface area contributed by atoms with Gasteiger partial charge in [-0.25, -0.2) is 0 Å². The van der Waals surface area contributed by atoms with Crippen LogP contribution in [-0.4, -0.2) is 10.1 Å². The maximum absolute atomic E-state index is 12.7. The lowest BCUT2D eigenvalue weighted by molar-refractivity contribution is -0.137. The molecule has 0 atom stereocenters. The minimum atomic E-state index is -4.46. The van der Waals surface area contributed by atoms with Crippen LogP contribution in [0.15, 0.2) is 28.8 Å². The molecule has 2 rings (SSSR count). The molecule has 0 saturated carbocycles. The normalized spacial score (nSPS) is 11.8. The fourth-order valence-electron chi connectivity index (χ4n) is 1.34. The Kier molecular flexibility index (Phi) is 3.06. The molecule has 0 spiro atoms. The van der Waals surface area contributed by atoms with E-state index in [1.165, 1.54) is 18.2 Å². The minimum absolute atomic E-state index is 0.0405. The van der Waals surface area contributed by atoms with Gasteiger partial charge in [-0.05, 0) is 6.07 Å². The molecule has 0 radical (unpaired) electrons. The lowest BCUT2D eigenvalue weighted by Crippen LogP contribution is -2.07. The van der Waals surface area contributed by atoms with Crippen molar-refractivity contribution in [1.29, 1.82) is 0 Å². The van der Waals surface area contributed by atoms with Crippen molar-refractivity contribution in [2.45, 2.75) is 12.1 Å². The van der Waals surface area contributed by atoms with E-state index in [9.17, 15) is 13.2 Å². The van der Waals surface area contributed by atoms with Gasteiger partial charge in [0, 0.05) is 5.56 Å².